The number of aromatic nitrogens is 2. The minimum Gasteiger partial charge on any atom is -0.492 e. The molecule has 8 nitrogen and oxygen atoms in total. The lowest BCUT2D eigenvalue weighted by Gasteiger charge is -2.15. The van der Waals surface area contributed by atoms with E-state index >= 15 is 0 Å². The molecule has 3 aromatic carbocycles. The van der Waals surface area contributed by atoms with E-state index in [1.54, 1.807) is 30.5 Å². The summed E-state index contributed by atoms with van der Waals surface area (Å²) in [4.78, 5) is 11.9. The first kappa shape index (κ1) is 24.2. The van der Waals surface area contributed by atoms with Crippen molar-refractivity contribution in [2.24, 2.45) is 0 Å². The smallest absolute Gasteiger partial charge is 0.240 e. The maximum absolute atomic E-state index is 12.1. The fourth-order valence-electron chi connectivity index (χ4n) is 4.34. The maximum Gasteiger partial charge on any atom is 0.240 e. The minimum atomic E-state index is -3.49. The summed E-state index contributed by atoms with van der Waals surface area (Å²) in [6.07, 6.45) is 4.35. The Morgan fingerprint density at radius 2 is 1.72 bits per heavy atom. The summed E-state index contributed by atoms with van der Waals surface area (Å²) in [7, 11) is -2.09. The molecule has 0 radical (unpaired) electrons. The largest absolute Gasteiger partial charge is 0.492 e. The molecule has 9 heteroatoms. The van der Waals surface area contributed by atoms with Crippen molar-refractivity contribution in [3.63, 3.8) is 0 Å². The first-order valence-electron chi connectivity index (χ1n) is 12.0. The fraction of sp³-hybridized carbons (Fsp3) is 0.259. The lowest BCUT2D eigenvalue weighted by molar-refractivity contribution is 0.238. The van der Waals surface area contributed by atoms with Gasteiger partial charge in [0.1, 0.15) is 12.4 Å². The van der Waals surface area contributed by atoms with Gasteiger partial charge in [0.25, 0.3) is 0 Å². The van der Waals surface area contributed by atoms with E-state index in [0.717, 1.165) is 40.0 Å². The quantitative estimate of drug-likeness (QED) is 0.349. The van der Waals surface area contributed by atoms with Crippen molar-refractivity contribution in [1.82, 2.24) is 19.6 Å². The van der Waals surface area contributed by atoms with Gasteiger partial charge in [0.15, 0.2) is 0 Å². The number of rotatable bonds is 9. The van der Waals surface area contributed by atoms with E-state index in [-0.39, 0.29) is 4.90 Å². The van der Waals surface area contributed by atoms with E-state index in [2.05, 4.69) is 19.9 Å². The highest BCUT2D eigenvalue weighted by atomic mass is 32.2. The molecule has 0 bridgehead atoms. The Kier molecular flexibility index (Phi) is 7.13. The van der Waals surface area contributed by atoms with Gasteiger partial charge in [-0.2, -0.15) is 0 Å². The van der Waals surface area contributed by atoms with Gasteiger partial charge in [-0.15, -0.1) is 0 Å². The third-order valence-corrected chi connectivity index (χ3v) is 7.77. The molecule has 186 valence electrons. The third-order valence-electron chi connectivity index (χ3n) is 6.34. The molecule has 0 spiro atoms. The van der Waals surface area contributed by atoms with Crippen LogP contribution < -0.4 is 14.8 Å². The summed E-state index contributed by atoms with van der Waals surface area (Å²) >= 11 is 0. The molecule has 5 rings (SSSR count). The molecule has 0 aliphatic carbocycles. The molecule has 1 fully saturated rings. The molecule has 1 aliphatic rings. The average Bonchev–Trinajstić information content (AvgIpc) is 3.43. The van der Waals surface area contributed by atoms with Crippen molar-refractivity contribution >= 4 is 32.6 Å². The molecule has 4 aromatic rings. The summed E-state index contributed by atoms with van der Waals surface area (Å²) in [5.41, 5.74) is 3.41. The monoisotopic (exact) mass is 503 g/mol. The number of hydrogen-bond acceptors (Lipinski definition) is 7. The van der Waals surface area contributed by atoms with Gasteiger partial charge in [-0.1, -0.05) is 30.3 Å². The van der Waals surface area contributed by atoms with Crippen molar-refractivity contribution in [3.05, 3.63) is 72.9 Å². The number of sulfonamides is 1. The molecule has 0 saturated carbocycles. The van der Waals surface area contributed by atoms with Crippen LogP contribution in [-0.2, 0) is 10.0 Å². The van der Waals surface area contributed by atoms with Crippen molar-refractivity contribution < 1.29 is 13.2 Å². The lowest BCUT2D eigenvalue weighted by Crippen LogP contribution is -2.25. The van der Waals surface area contributed by atoms with Crippen LogP contribution in [0.4, 0.5) is 11.6 Å². The number of anilines is 2. The van der Waals surface area contributed by atoms with Gasteiger partial charge in [-0.05, 0) is 74.9 Å². The summed E-state index contributed by atoms with van der Waals surface area (Å²) in [6.45, 7) is 3.99. The molecule has 0 amide bonds. The molecule has 0 unspecified atom stereocenters. The predicted molar refractivity (Wildman–Crippen MR) is 142 cm³/mol. The van der Waals surface area contributed by atoms with Crippen LogP contribution in [-0.4, -0.2) is 56.6 Å². The van der Waals surface area contributed by atoms with Crippen molar-refractivity contribution in [2.75, 3.05) is 38.6 Å². The molecule has 36 heavy (non-hydrogen) atoms. The summed E-state index contributed by atoms with van der Waals surface area (Å²) in [6, 6.07) is 20.4. The van der Waals surface area contributed by atoms with Crippen molar-refractivity contribution in [1.29, 1.82) is 0 Å². The van der Waals surface area contributed by atoms with E-state index in [1.165, 1.54) is 33.0 Å². The molecule has 0 atom stereocenters. The van der Waals surface area contributed by atoms with Gasteiger partial charge >= 0.3 is 0 Å². The molecule has 1 aromatic heterocycles. The number of hydrogen-bond donors (Lipinski definition) is 2. The Morgan fingerprint density at radius 1 is 0.972 bits per heavy atom. The number of fused-ring (bicyclic) bond motifs is 1. The SMILES string of the molecule is CNS(=O)(=O)c1ccc(-c2cccc3cnc(Nc4ccc(OCCN5CCCC5)cc4)nc23)cc1. The number of para-hydroxylation sites is 1. The second kappa shape index (κ2) is 10.6. The van der Waals surface area contributed by atoms with Gasteiger partial charge in [-0.25, -0.2) is 23.1 Å². The van der Waals surface area contributed by atoms with Gasteiger partial charge in [0.2, 0.25) is 16.0 Å². The molecular formula is C27H29N5O3S. The topological polar surface area (TPSA) is 96.5 Å². The van der Waals surface area contributed by atoms with Gasteiger partial charge in [0, 0.05) is 29.4 Å². The number of likely N-dealkylation sites (tertiary alicyclic amines) is 1. The van der Waals surface area contributed by atoms with E-state index in [9.17, 15) is 8.42 Å². The Labute approximate surface area is 211 Å². The summed E-state index contributed by atoms with van der Waals surface area (Å²) in [5.74, 6) is 1.32. The van der Waals surface area contributed by atoms with Gasteiger partial charge in [-0.3, -0.25) is 4.90 Å². The van der Waals surface area contributed by atoms with Gasteiger partial charge < -0.3 is 10.1 Å². The van der Waals surface area contributed by atoms with E-state index < -0.39 is 10.0 Å². The standard InChI is InChI=1S/C27H29N5O3S/c1-28-36(33,34)24-13-7-20(8-14-24)25-6-4-5-21-19-29-27(31-26(21)25)30-22-9-11-23(12-10-22)35-18-17-32-15-2-3-16-32/h4-14,19,28H,2-3,15-18H2,1H3,(H,29,30,31). The summed E-state index contributed by atoms with van der Waals surface area (Å²) in [5, 5.41) is 4.16. The first-order valence-corrected chi connectivity index (χ1v) is 13.5. The van der Waals surface area contributed by atoms with Crippen LogP contribution in [0.15, 0.2) is 77.8 Å². The summed E-state index contributed by atoms with van der Waals surface area (Å²) < 4.78 is 32.3. The normalized spacial score (nSPS) is 14.2. The lowest BCUT2D eigenvalue weighted by atomic mass is 10.0. The van der Waals surface area contributed by atoms with Crippen LogP contribution in [0.5, 0.6) is 5.75 Å². The number of ether oxygens (including phenoxy) is 1. The van der Waals surface area contributed by atoms with Crippen molar-refractivity contribution in [2.45, 2.75) is 17.7 Å². The molecular weight excluding hydrogens is 474 g/mol. The zero-order chi connectivity index (χ0) is 25.0. The minimum absolute atomic E-state index is 0.217. The first-order chi connectivity index (χ1) is 17.5. The van der Waals surface area contributed by atoms with Crippen LogP contribution in [0, 0.1) is 0 Å². The number of nitrogens with zero attached hydrogens (tertiary/aromatic N) is 3. The van der Waals surface area contributed by atoms with Crippen LogP contribution in [0.3, 0.4) is 0 Å². The van der Waals surface area contributed by atoms with E-state index in [1.807, 2.05) is 42.5 Å². The Morgan fingerprint density at radius 3 is 2.44 bits per heavy atom. The Hall–Kier alpha value is -3.53. The van der Waals surface area contributed by atoms with Crippen LogP contribution in [0.1, 0.15) is 12.8 Å². The highest BCUT2D eigenvalue weighted by molar-refractivity contribution is 7.89. The van der Waals surface area contributed by atoms with Crippen LogP contribution in [0.2, 0.25) is 0 Å². The highest BCUT2D eigenvalue weighted by Crippen LogP contribution is 2.29. The average molecular weight is 504 g/mol. The predicted octanol–water partition coefficient (Wildman–Crippen LogP) is 4.42. The second-order valence-electron chi connectivity index (χ2n) is 8.72. The zero-order valence-electron chi connectivity index (χ0n) is 20.1. The molecule has 1 saturated heterocycles. The van der Waals surface area contributed by atoms with E-state index in [0.29, 0.717) is 12.6 Å². The number of benzene rings is 3. The highest BCUT2D eigenvalue weighted by Gasteiger charge is 2.13. The van der Waals surface area contributed by atoms with Crippen molar-refractivity contribution in [3.8, 4) is 16.9 Å². The third kappa shape index (κ3) is 5.48. The van der Waals surface area contributed by atoms with E-state index in [4.69, 9.17) is 9.72 Å². The van der Waals surface area contributed by atoms with Crippen LogP contribution in [0.25, 0.3) is 22.0 Å². The molecule has 2 N–H and O–H groups in total. The molecule has 1 aliphatic heterocycles. The Balaban J connectivity index is 1.31. The molecule has 2 heterocycles. The maximum atomic E-state index is 12.1. The fourth-order valence-corrected chi connectivity index (χ4v) is 5.07. The van der Waals surface area contributed by atoms with Gasteiger partial charge in [0.05, 0.1) is 10.4 Å². The zero-order valence-corrected chi connectivity index (χ0v) is 21.0. The second-order valence-corrected chi connectivity index (χ2v) is 10.6. The Bertz CT molecular complexity index is 1440. The number of nitrogens with one attached hydrogen (secondary N) is 2. The van der Waals surface area contributed by atoms with Crippen LogP contribution >= 0.6 is 0 Å².